The van der Waals surface area contributed by atoms with Crippen molar-refractivity contribution in [1.82, 2.24) is 20.2 Å². The summed E-state index contributed by atoms with van der Waals surface area (Å²) in [6, 6.07) is 11.9. The van der Waals surface area contributed by atoms with Crippen LogP contribution < -0.4 is 20.1 Å². The zero-order valence-corrected chi connectivity index (χ0v) is 18.9. The van der Waals surface area contributed by atoms with Crippen molar-refractivity contribution in [3.05, 3.63) is 60.0 Å². The van der Waals surface area contributed by atoms with Gasteiger partial charge in [-0.2, -0.15) is 0 Å². The predicted molar refractivity (Wildman–Crippen MR) is 126 cm³/mol. The number of aromatic nitrogens is 2. The van der Waals surface area contributed by atoms with Gasteiger partial charge in [0, 0.05) is 30.0 Å². The number of hydrogen-bond acceptors (Lipinski definition) is 7. The van der Waals surface area contributed by atoms with Crippen LogP contribution in [0.25, 0.3) is 11.4 Å². The highest BCUT2D eigenvalue weighted by Crippen LogP contribution is 2.35. The smallest absolute Gasteiger partial charge is 0.256 e. The number of rotatable bonds is 7. The Hall–Kier alpha value is -3.72. The van der Waals surface area contributed by atoms with Gasteiger partial charge in [-0.15, -0.1) is 0 Å². The summed E-state index contributed by atoms with van der Waals surface area (Å²) >= 11 is 0. The van der Waals surface area contributed by atoms with E-state index in [-0.39, 0.29) is 24.1 Å². The Morgan fingerprint density at radius 3 is 2.91 bits per heavy atom. The van der Waals surface area contributed by atoms with Crippen LogP contribution >= 0.6 is 0 Å². The minimum atomic E-state index is -0.387. The van der Waals surface area contributed by atoms with Gasteiger partial charge in [-0.25, -0.2) is 14.4 Å². The molecule has 2 aromatic carbocycles. The van der Waals surface area contributed by atoms with E-state index >= 15 is 0 Å². The second kappa shape index (κ2) is 9.64. The van der Waals surface area contributed by atoms with Crippen LogP contribution in [0, 0.1) is 5.82 Å². The number of likely N-dealkylation sites (tertiary alicyclic amines) is 1. The lowest BCUT2D eigenvalue weighted by Gasteiger charge is -2.19. The number of fused-ring (bicyclic) bond motifs is 1. The van der Waals surface area contributed by atoms with Gasteiger partial charge < -0.3 is 25.0 Å². The number of hydrogen-bond donors (Lipinski definition) is 2. The largest absolute Gasteiger partial charge is 0.454 e. The molecule has 0 radical (unpaired) electrons. The molecule has 1 atom stereocenters. The van der Waals surface area contributed by atoms with E-state index in [1.165, 1.54) is 24.8 Å². The van der Waals surface area contributed by atoms with E-state index in [2.05, 4.69) is 32.5 Å². The molecule has 0 aliphatic carbocycles. The maximum Gasteiger partial charge on any atom is 0.256 e. The lowest BCUT2D eigenvalue weighted by molar-refractivity contribution is 0.0950. The molecule has 3 aromatic rings. The molecule has 1 amide bonds. The summed E-state index contributed by atoms with van der Waals surface area (Å²) in [7, 11) is 2.11. The number of halogens is 1. The average Bonchev–Trinajstić information content (AvgIpc) is 3.47. The van der Waals surface area contributed by atoms with Gasteiger partial charge in [0.2, 0.25) is 6.79 Å². The number of carbonyl (C=O) groups excluding carboxylic acids is 1. The summed E-state index contributed by atoms with van der Waals surface area (Å²) in [6.45, 7) is 1.81. The molecule has 2 aliphatic heterocycles. The summed E-state index contributed by atoms with van der Waals surface area (Å²) in [4.78, 5) is 24.4. The molecule has 5 rings (SSSR count). The Balaban J connectivity index is 1.39. The summed E-state index contributed by atoms with van der Waals surface area (Å²) in [6.07, 6.45) is 4.70. The number of nitrogens with zero attached hydrogens (tertiary/aromatic N) is 3. The van der Waals surface area contributed by atoms with Gasteiger partial charge in [-0.3, -0.25) is 4.79 Å². The Morgan fingerprint density at radius 1 is 1.21 bits per heavy atom. The summed E-state index contributed by atoms with van der Waals surface area (Å²) < 4.78 is 24.6. The third kappa shape index (κ3) is 4.79. The van der Waals surface area contributed by atoms with E-state index in [1.54, 1.807) is 24.3 Å². The first-order valence-electron chi connectivity index (χ1n) is 11.3. The van der Waals surface area contributed by atoms with Gasteiger partial charge in [-0.1, -0.05) is 6.07 Å². The molecule has 1 aromatic heterocycles. The minimum absolute atomic E-state index is 0.168. The van der Waals surface area contributed by atoms with E-state index < -0.39 is 0 Å². The summed E-state index contributed by atoms with van der Waals surface area (Å²) in [5, 5.41) is 6.06. The fourth-order valence-corrected chi connectivity index (χ4v) is 4.31. The molecule has 1 saturated heterocycles. The molecule has 3 heterocycles. The Labute approximate surface area is 197 Å². The number of ether oxygens (including phenoxy) is 2. The van der Waals surface area contributed by atoms with Crippen molar-refractivity contribution in [2.45, 2.75) is 25.3 Å². The molecule has 0 spiro atoms. The van der Waals surface area contributed by atoms with Crippen molar-refractivity contribution in [3.63, 3.8) is 0 Å². The van der Waals surface area contributed by atoms with Gasteiger partial charge in [0.05, 0.1) is 0 Å². The van der Waals surface area contributed by atoms with Crippen LogP contribution in [-0.2, 0) is 0 Å². The van der Waals surface area contributed by atoms with Crippen LogP contribution in [0.4, 0.5) is 15.9 Å². The van der Waals surface area contributed by atoms with Crippen molar-refractivity contribution >= 4 is 17.4 Å². The summed E-state index contributed by atoms with van der Waals surface area (Å²) in [5.41, 5.74) is 1.48. The van der Waals surface area contributed by atoms with Gasteiger partial charge >= 0.3 is 0 Å². The number of carbonyl (C=O) groups is 1. The molecular formula is C25H26FN5O3. The van der Waals surface area contributed by atoms with Crippen LogP contribution in [0.15, 0.2) is 48.7 Å². The second-order valence-corrected chi connectivity index (χ2v) is 8.48. The third-order valence-electron chi connectivity index (χ3n) is 6.19. The first kappa shape index (κ1) is 22.1. The minimum Gasteiger partial charge on any atom is -0.454 e. The van der Waals surface area contributed by atoms with Crippen molar-refractivity contribution in [1.29, 1.82) is 0 Å². The molecule has 0 saturated carbocycles. The number of nitrogens with one attached hydrogen (secondary N) is 2. The lowest BCUT2D eigenvalue weighted by Crippen LogP contribution is -2.32. The SMILES string of the molecule is CN1CCC[C@@H]1CCNC(=O)c1cnc(-c2ccc3c(c2)OCO3)nc1Nc1cccc(F)c1. The van der Waals surface area contributed by atoms with Crippen molar-refractivity contribution < 1.29 is 18.7 Å². The van der Waals surface area contributed by atoms with Gasteiger partial charge in [-0.05, 0) is 69.3 Å². The molecule has 0 bridgehead atoms. The van der Waals surface area contributed by atoms with E-state index in [0.29, 0.717) is 47.0 Å². The molecule has 2 aliphatic rings. The molecule has 2 N–H and O–H groups in total. The Morgan fingerprint density at radius 2 is 2.09 bits per heavy atom. The molecule has 176 valence electrons. The first-order valence-corrected chi connectivity index (χ1v) is 11.3. The van der Waals surface area contributed by atoms with Crippen LogP contribution in [-0.4, -0.2) is 53.7 Å². The normalized spacial score (nSPS) is 17.1. The van der Waals surface area contributed by atoms with E-state index in [0.717, 1.165) is 19.4 Å². The van der Waals surface area contributed by atoms with E-state index in [1.807, 2.05) is 6.07 Å². The van der Waals surface area contributed by atoms with Crippen molar-refractivity contribution in [3.8, 4) is 22.9 Å². The van der Waals surface area contributed by atoms with Gasteiger partial charge in [0.1, 0.15) is 17.2 Å². The highest BCUT2D eigenvalue weighted by molar-refractivity contribution is 5.99. The van der Waals surface area contributed by atoms with Gasteiger partial charge in [0.25, 0.3) is 5.91 Å². The van der Waals surface area contributed by atoms with Crippen molar-refractivity contribution in [2.24, 2.45) is 0 Å². The monoisotopic (exact) mass is 463 g/mol. The standard InChI is InChI=1S/C25H26FN5O3/c1-31-11-3-6-19(31)9-10-27-25(32)20-14-28-23(16-7-8-21-22(12-16)34-15-33-21)30-24(20)29-18-5-2-4-17(26)13-18/h2,4-5,7-8,12-14,19H,3,6,9-11,15H2,1H3,(H,27,32)(H,28,29,30)/t19-/m1/s1. The van der Waals surface area contributed by atoms with Gasteiger partial charge in [0.15, 0.2) is 17.3 Å². The fourth-order valence-electron chi connectivity index (χ4n) is 4.31. The van der Waals surface area contributed by atoms with Crippen molar-refractivity contribution in [2.75, 3.05) is 32.2 Å². The van der Waals surface area contributed by atoms with Crippen LogP contribution in [0.5, 0.6) is 11.5 Å². The predicted octanol–water partition coefficient (Wildman–Crippen LogP) is 3.97. The quantitative estimate of drug-likeness (QED) is 0.548. The zero-order chi connectivity index (χ0) is 23.5. The molecule has 9 heteroatoms. The Bertz CT molecular complexity index is 1200. The maximum atomic E-state index is 13.8. The number of benzene rings is 2. The molecule has 34 heavy (non-hydrogen) atoms. The Kier molecular flexibility index (Phi) is 6.27. The molecular weight excluding hydrogens is 437 g/mol. The van der Waals surface area contributed by atoms with Crippen LogP contribution in [0.1, 0.15) is 29.6 Å². The third-order valence-corrected chi connectivity index (χ3v) is 6.19. The summed E-state index contributed by atoms with van der Waals surface area (Å²) in [5.74, 6) is 1.30. The number of amides is 1. The fraction of sp³-hybridized carbons (Fsp3) is 0.320. The zero-order valence-electron chi connectivity index (χ0n) is 18.9. The highest BCUT2D eigenvalue weighted by atomic mass is 19.1. The first-order chi connectivity index (χ1) is 16.6. The average molecular weight is 464 g/mol. The van der Waals surface area contributed by atoms with Crippen LogP contribution in [0.2, 0.25) is 0 Å². The molecule has 8 nitrogen and oxygen atoms in total. The van der Waals surface area contributed by atoms with E-state index in [9.17, 15) is 9.18 Å². The highest BCUT2D eigenvalue weighted by Gasteiger charge is 2.22. The number of anilines is 2. The maximum absolute atomic E-state index is 13.8. The topological polar surface area (TPSA) is 88.6 Å². The molecule has 0 unspecified atom stereocenters. The van der Waals surface area contributed by atoms with E-state index in [4.69, 9.17) is 9.47 Å². The second-order valence-electron chi connectivity index (χ2n) is 8.48. The molecule has 1 fully saturated rings. The lowest BCUT2D eigenvalue weighted by atomic mass is 10.1. The van der Waals surface area contributed by atoms with Crippen LogP contribution in [0.3, 0.4) is 0 Å².